The Bertz CT molecular complexity index is 1000. The molecule has 0 unspecified atom stereocenters. The molecule has 0 saturated carbocycles. The number of carbonyl (C=O) groups is 1. The minimum absolute atomic E-state index is 0.113. The molecule has 0 aliphatic carbocycles. The Morgan fingerprint density at radius 1 is 0.939 bits per heavy atom. The Kier molecular flexibility index (Phi) is 6.91. The fourth-order valence-corrected chi connectivity index (χ4v) is 5.29. The second-order valence-electron chi connectivity index (χ2n) is 9.60. The number of anilines is 1. The number of piperidine rings is 2. The number of H-pyrrole nitrogens is 1. The number of carbonyl (C=O) groups excluding carboxylic acids is 1. The van der Waals surface area contributed by atoms with E-state index in [1.54, 1.807) is 0 Å². The highest BCUT2D eigenvalue weighted by atomic mass is 16.1. The lowest BCUT2D eigenvalue weighted by Gasteiger charge is -2.33. The molecule has 2 aromatic carbocycles. The summed E-state index contributed by atoms with van der Waals surface area (Å²) < 4.78 is 0. The van der Waals surface area contributed by atoms with Crippen molar-refractivity contribution in [3.05, 3.63) is 60.2 Å². The van der Waals surface area contributed by atoms with Gasteiger partial charge in [0.15, 0.2) is 0 Å². The lowest BCUT2D eigenvalue weighted by Crippen LogP contribution is -2.44. The van der Waals surface area contributed by atoms with Gasteiger partial charge in [-0.15, -0.1) is 0 Å². The highest BCUT2D eigenvalue weighted by Crippen LogP contribution is 2.24. The molecule has 0 radical (unpaired) electrons. The van der Waals surface area contributed by atoms with E-state index in [0.717, 1.165) is 75.0 Å². The van der Waals surface area contributed by atoms with Crippen molar-refractivity contribution in [2.45, 2.75) is 32.1 Å². The molecule has 2 aliphatic heterocycles. The molecule has 3 aromatic rings. The zero-order valence-corrected chi connectivity index (χ0v) is 19.4. The van der Waals surface area contributed by atoms with Gasteiger partial charge in [-0.1, -0.05) is 42.5 Å². The number of amides is 1. The smallest absolute Gasteiger partial charge is 0.223 e. The summed E-state index contributed by atoms with van der Waals surface area (Å²) in [6.07, 6.45) is 5.46. The van der Waals surface area contributed by atoms with Gasteiger partial charge < -0.3 is 20.1 Å². The highest BCUT2D eigenvalue weighted by Gasteiger charge is 2.26. The molecule has 2 fully saturated rings. The molecule has 3 heterocycles. The molecular formula is C27H35N5O. The van der Waals surface area contributed by atoms with Gasteiger partial charge in [0.2, 0.25) is 11.9 Å². The maximum absolute atomic E-state index is 12.7. The number of imidazole rings is 1. The van der Waals surface area contributed by atoms with Gasteiger partial charge in [-0.2, -0.15) is 0 Å². The molecule has 1 amide bonds. The lowest BCUT2D eigenvalue weighted by molar-refractivity contribution is -0.125. The van der Waals surface area contributed by atoms with Crippen LogP contribution in [0.25, 0.3) is 11.0 Å². The number of hydrogen-bond acceptors (Lipinski definition) is 4. The average Bonchev–Trinajstić information content (AvgIpc) is 3.30. The van der Waals surface area contributed by atoms with E-state index >= 15 is 0 Å². The molecule has 2 saturated heterocycles. The number of para-hydroxylation sites is 2. The first-order valence-electron chi connectivity index (χ1n) is 12.5. The maximum atomic E-state index is 12.7. The molecule has 0 spiro atoms. The predicted octanol–water partition coefficient (Wildman–Crippen LogP) is 3.85. The van der Waals surface area contributed by atoms with Gasteiger partial charge in [0.25, 0.3) is 0 Å². The van der Waals surface area contributed by atoms with E-state index in [2.05, 4.69) is 56.5 Å². The third-order valence-corrected chi connectivity index (χ3v) is 7.34. The van der Waals surface area contributed by atoms with Crippen molar-refractivity contribution in [2.24, 2.45) is 11.8 Å². The molecule has 6 nitrogen and oxygen atoms in total. The first kappa shape index (κ1) is 22.0. The second kappa shape index (κ2) is 10.4. The van der Waals surface area contributed by atoms with Gasteiger partial charge in [0.05, 0.1) is 11.0 Å². The monoisotopic (exact) mass is 445 g/mol. The fourth-order valence-electron chi connectivity index (χ4n) is 5.29. The first-order valence-corrected chi connectivity index (χ1v) is 12.5. The third kappa shape index (κ3) is 5.56. The van der Waals surface area contributed by atoms with Crippen molar-refractivity contribution in [3.63, 3.8) is 0 Å². The van der Waals surface area contributed by atoms with Crippen LogP contribution in [0.2, 0.25) is 0 Å². The Morgan fingerprint density at radius 3 is 2.42 bits per heavy atom. The van der Waals surface area contributed by atoms with Gasteiger partial charge in [-0.3, -0.25) is 4.79 Å². The summed E-state index contributed by atoms with van der Waals surface area (Å²) in [5, 5.41) is 3.20. The van der Waals surface area contributed by atoms with Crippen molar-refractivity contribution in [2.75, 3.05) is 44.2 Å². The highest BCUT2D eigenvalue weighted by molar-refractivity contribution is 5.79. The molecule has 0 atom stereocenters. The Hall–Kier alpha value is -2.86. The Balaban J connectivity index is 0.997. The fraction of sp³-hybridized carbons (Fsp3) is 0.481. The molecule has 174 valence electrons. The second-order valence-corrected chi connectivity index (χ2v) is 9.60. The van der Waals surface area contributed by atoms with Crippen LogP contribution in [0.1, 0.15) is 31.2 Å². The van der Waals surface area contributed by atoms with Crippen molar-refractivity contribution in [3.8, 4) is 0 Å². The van der Waals surface area contributed by atoms with Crippen LogP contribution < -0.4 is 10.2 Å². The standard InChI is InChI=1S/C27H35N5O/c33-26(23-12-17-32(18-13-23)27-29-24-8-4-5-9-25(24)30-27)28-14-19-31-15-10-22(11-16-31)20-21-6-2-1-3-7-21/h1-9,22-23H,10-20H2,(H,28,33)(H,29,30). The summed E-state index contributed by atoms with van der Waals surface area (Å²) in [5.41, 5.74) is 3.52. The summed E-state index contributed by atoms with van der Waals surface area (Å²) in [4.78, 5) is 25.6. The van der Waals surface area contributed by atoms with Gasteiger partial charge in [-0.05, 0) is 68.8 Å². The number of hydrogen-bond donors (Lipinski definition) is 2. The number of benzene rings is 2. The van der Waals surface area contributed by atoms with E-state index in [1.807, 2.05) is 18.2 Å². The van der Waals surface area contributed by atoms with Crippen LogP contribution in [0.15, 0.2) is 54.6 Å². The summed E-state index contributed by atoms with van der Waals surface area (Å²) in [7, 11) is 0. The van der Waals surface area contributed by atoms with Gasteiger partial charge in [0, 0.05) is 32.1 Å². The first-order chi connectivity index (χ1) is 16.2. The van der Waals surface area contributed by atoms with E-state index in [-0.39, 0.29) is 11.8 Å². The van der Waals surface area contributed by atoms with Crippen LogP contribution in [-0.2, 0) is 11.2 Å². The summed E-state index contributed by atoms with van der Waals surface area (Å²) in [6, 6.07) is 19.0. The number of likely N-dealkylation sites (tertiary alicyclic amines) is 1. The topological polar surface area (TPSA) is 64.3 Å². The number of rotatable bonds is 7. The molecule has 6 heteroatoms. The van der Waals surface area contributed by atoms with Crippen LogP contribution in [0, 0.1) is 11.8 Å². The van der Waals surface area contributed by atoms with Crippen LogP contribution in [0.3, 0.4) is 0 Å². The number of aromatic amines is 1. The van der Waals surface area contributed by atoms with E-state index in [1.165, 1.54) is 24.8 Å². The maximum Gasteiger partial charge on any atom is 0.223 e. The van der Waals surface area contributed by atoms with Gasteiger partial charge >= 0.3 is 0 Å². The Labute approximate surface area is 196 Å². The van der Waals surface area contributed by atoms with Crippen LogP contribution >= 0.6 is 0 Å². The van der Waals surface area contributed by atoms with E-state index in [9.17, 15) is 4.79 Å². The van der Waals surface area contributed by atoms with Crippen molar-refractivity contribution < 1.29 is 4.79 Å². The summed E-state index contributed by atoms with van der Waals surface area (Å²) in [5.74, 6) is 2.04. The zero-order valence-electron chi connectivity index (χ0n) is 19.4. The molecule has 0 bridgehead atoms. The average molecular weight is 446 g/mol. The van der Waals surface area contributed by atoms with E-state index in [4.69, 9.17) is 4.98 Å². The van der Waals surface area contributed by atoms with Crippen LogP contribution in [0.4, 0.5) is 5.95 Å². The summed E-state index contributed by atoms with van der Waals surface area (Å²) >= 11 is 0. The minimum Gasteiger partial charge on any atom is -0.355 e. The molecule has 33 heavy (non-hydrogen) atoms. The number of nitrogens with one attached hydrogen (secondary N) is 2. The van der Waals surface area contributed by atoms with Crippen molar-refractivity contribution in [1.29, 1.82) is 0 Å². The zero-order chi connectivity index (χ0) is 22.5. The SMILES string of the molecule is O=C(NCCN1CCC(Cc2ccccc2)CC1)C1CCN(c2nc3ccccc3[nH]2)CC1. The van der Waals surface area contributed by atoms with E-state index < -0.39 is 0 Å². The lowest BCUT2D eigenvalue weighted by atomic mass is 9.90. The van der Waals surface area contributed by atoms with Crippen LogP contribution in [-0.4, -0.2) is 60.0 Å². The number of nitrogens with zero attached hydrogens (tertiary/aromatic N) is 3. The predicted molar refractivity (Wildman–Crippen MR) is 133 cm³/mol. The molecule has 2 aliphatic rings. The number of fused-ring (bicyclic) bond motifs is 1. The molecular weight excluding hydrogens is 410 g/mol. The third-order valence-electron chi connectivity index (χ3n) is 7.34. The largest absolute Gasteiger partial charge is 0.355 e. The van der Waals surface area contributed by atoms with Gasteiger partial charge in [-0.25, -0.2) is 4.98 Å². The van der Waals surface area contributed by atoms with Crippen LogP contribution in [0.5, 0.6) is 0 Å². The normalized spacial score (nSPS) is 18.6. The molecule has 1 aromatic heterocycles. The quantitative estimate of drug-likeness (QED) is 0.580. The number of aromatic nitrogens is 2. The van der Waals surface area contributed by atoms with E-state index in [0.29, 0.717) is 0 Å². The minimum atomic E-state index is 0.113. The summed E-state index contributed by atoms with van der Waals surface area (Å²) in [6.45, 7) is 5.74. The molecule has 5 rings (SSSR count). The van der Waals surface area contributed by atoms with Crippen molar-refractivity contribution >= 4 is 22.9 Å². The van der Waals surface area contributed by atoms with Gasteiger partial charge in [0.1, 0.15) is 0 Å². The molecule has 2 N–H and O–H groups in total. The van der Waals surface area contributed by atoms with Crippen molar-refractivity contribution in [1.82, 2.24) is 20.2 Å². The Morgan fingerprint density at radius 2 is 1.67 bits per heavy atom.